The smallest absolute Gasteiger partial charge is 0.254 e. The molecule has 1 aromatic rings. The largest absolute Gasteiger partial charge is 0.354 e. The Hall–Kier alpha value is -1.91. The van der Waals surface area contributed by atoms with E-state index in [2.05, 4.69) is 40.5 Å². The summed E-state index contributed by atoms with van der Waals surface area (Å²) in [4.78, 5) is 20.4. The van der Waals surface area contributed by atoms with Crippen LogP contribution in [0.5, 0.6) is 0 Å². The van der Waals surface area contributed by atoms with Crippen molar-refractivity contribution in [3.63, 3.8) is 0 Å². The van der Waals surface area contributed by atoms with Gasteiger partial charge in [0, 0.05) is 25.5 Å². The quantitative estimate of drug-likeness (QED) is 0.759. The number of amides is 1. The van der Waals surface area contributed by atoms with Crippen molar-refractivity contribution in [2.45, 2.75) is 46.0 Å². The minimum Gasteiger partial charge on any atom is -0.354 e. The van der Waals surface area contributed by atoms with Gasteiger partial charge in [0.2, 0.25) is 5.95 Å². The lowest BCUT2D eigenvalue weighted by Crippen LogP contribution is -2.25. The van der Waals surface area contributed by atoms with Crippen molar-refractivity contribution in [2.24, 2.45) is 5.92 Å². The second-order valence-corrected chi connectivity index (χ2v) is 6.18. The third-order valence-corrected chi connectivity index (χ3v) is 3.70. The van der Waals surface area contributed by atoms with E-state index in [9.17, 15) is 4.79 Å². The molecular formula is C17H26N4O. The van der Waals surface area contributed by atoms with Crippen molar-refractivity contribution in [2.75, 3.05) is 18.4 Å². The number of aromatic nitrogens is 2. The van der Waals surface area contributed by atoms with Crippen LogP contribution in [0.15, 0.2) is 24.0 Å². The zero-order valence-corrected chi connectivity index (χ0v) is 13.6. The predicted molar refractivity (Wildman–Crippen MR) is 88.9 cm³/mol. The van der Waals surface area contributed by atoms with Crippen LogP contribution in [0.4, 0.5) is 5.95 Å². The lowest BCUT2D eigenvalue weighted by atomic mass is 9.97. The van der Waals surface area contributed by atoms with E-state index in [1.54, 1.807) is 12.4 Å². The van der Waals surface area contributed by atoms with E-state index in [0.29, 0.717) is 24.0 Å². The molecule has 0 unspecified atom stereocenters. The lowest BCUT2D eigenvalue weighted by Gasteiger charge is -2.13. The molecule has 0 aromatic carbocycles. The molecule has 1 aromatic heterocycles. The summed E-state index contributed by atoms with van der Waals surface area (Å²) in [7, 11) is 0. The first-order valence-corrected chi connectivity index (χ1v) is 8.17. The van der Waals surface area contributed by atoms with Gasteiger partial charge < -0.3 is 10.6 Å². The molecular weight excluding hydrogens is 276 g/mol. The Balaban J connectivity index is 1.75. The Kier molecular flexibility index (Phi) is 6.37. The molecule has 1 aliphatic rings. The highest BCUT2D eigenvalue weighted by Crippen LogP contribution is 2.19. The number of nitrogens with zero attached hydrogens (tertiary/aromatic N) is 2. The summed E-state index contributed by atoms with van der Waals surface area (Å²) < 4.78 is 0. The average molecular weight is 302 g/mol. The molecule has 0 radical (unpaired) electrons. The van der Waals surface area contributed by atoms with Crippen LogP contribution in [-0.4, -0.2) is 29.0 Å². The van der Waals surface area contributed by atoms with Crippen molar-refractivity contribution in [3.05, 3.63) is 29.6 Å². The third kappa shape index (κ3) is 5.47. The van der Waals surface area contributed by atoms with E-state index < -0.39 is 0 Å². The first-order chi connectivity index (χ1) is 10.6. The highest BCUT2D eigenvalue weighted by atomic mass is 16.1. The van der Waals surface area contributed by atoms with Gasteiger partial charge in [0.25, 0.3) is 5.91 Å². The van der Waals surface area contributed by atoms with Crippen LogP contribution in [-0.2, 0) is 0 Å². The molecule has 2 N–H and O–H groups in total. The van der Waals surface area contributed by atoms with Gasteiger partial charge in [-0.05, 0) is 38.0 Å². The summed E-state index contributed by atoms with van der Waals surface area (Å²) in [6.45, 7) is 5.74. The van der Waals surface area contributed by atoms with E-state index in [0.717, 1.165) is 13.0 Å². The second-order valence-electron chi connectivity index (χ2n) is 6.18. The van der Waals surface area contributed by atoms with E-state index in [1.807, 2.05) is 0 Å². The Morgan fingerprint density at radius 3 is 2.68 bits per heavy atom. The standard InChI is InChI=1S/C17H26N4O/c1-13(2)10-19-17-20-11-15(12-21-17)16(22)18-9-8-14-6-4-3-5-7-14/h6,11-13H,3-5,7-10H2,1-2H3,(H,18,22)(H,19,20,21). The number of anilines is 1. The molecule has 0 saturated carbocycles. The van der Waals surface area contributed by atoms with Crippen LogP contribution >= 0.6 is 0 Å². The number of hydrogen-bond acceptors (Lipinski definition) is 4. The summed E-state index contributed by atoms with van der Waals surface area (Å²) in [5, 5.41) is 6.07. The molecule has 1 aliphatic carbocycles. The molecule has 0 saturated heterocycles. The Labute approximate surface area is 132 Å². The number of nitrogens with one attached hydrogen (secondary N) is 2. The van der Waals surface area contributed by atoms with Gasteiger partial charge in [0.05, 0.1) is 5.56 Å². The molecule has 2 rings (SSSR count). The van der Waals surface area contributed by atoms with Crippen molar-refractivity contribution < 1.29 is 4.79 Å². The van der Waals surface area contributed by atoms with Gasteiger partial charge in [-0.25, -0.2) is 9.97 Å². The highest BCUT2D eigenvalue weighted by molar-refractivity contribution is 5.93. The van der Waals surface area contributed by atoms with Gasteiger partial charge in [0.1, 0.15) is 0 Å². The van der Waals surface area contributed by atoms with Gasteiger partial charge in [0.15, 0.2) is 0 Å². The van der Waals surface area contributed by atoms with E-state index in [-0.39, 0.29) is 5.91 Å². The number of carbonyl (C=O) groups is 1. The molecule has 5 nitrogen and oxygen atoms in total. The Bertz CT molecular complexity index is 508. The van der Waals surface area contributed by atoms with Gasteiger partial charge in [-0.2, -0.15) is 0 Å². The van der Waals surface area contributed by atoms with Crippen LogP contribution in [0.25, 0.3) is 0 Å². The summed E-state index contributed by atoms with van der Waals surface area (Å²) >= 11 is 0. The molecule has 1 amide bonds. The molecule has 5 heteroatoms. The highest BCUT2D eigenvalue weighted by Gasteiger charge is 2.08. The number of allylic oxidation sites excluding steroid dienone is 1. The summed E-state index contributed by atoms with van der Waals surface area (Å²) in [5.74, 6) is 0.991. The minimum absolute atomic E-state index is 0.105. The zero-order valence-electron chi connectivity index (χ0n) is 13.6. The monoisotopic (exact) mass is 302 g/mol. The molecule has 0 fully saturated rings. The van der Waals surface area contributed by atoms with Crippen LogP contribution in [0.1, 0.15) is 56.3 Å². The summed E-state index contributed by atoms with van der Waals surface area (Å²) in [6, 6.07) is 0. The van der Waals surface area contributed by atoms with Gasteiger partial charge in [-0.15, -0.1) is 0 Å². The van der Waals surface area contributed by atoms with E-state index in [1.165, 1.54) is 31.3 Å². The molecule has 0 aliphatic heterocycles. The van der Waals surface area contributed by atoms with Gasteiger partial charge in [-0.3, -0.25) is 4.79 Å². The van der Waals surface area contributed by atoms with E-state index >= 15 is 0 Å². The first kappa shape index (κ1) is 16.5. The Morgan fingerprint density at radius 1 is 1.27 bits per heavy atom. The molecule has 0 bridgehead atoms. The average Bonchev–Trinajstić information content (AvgIpc) is 2.54. The maximum absolute atomic E-state index is 12.0. The van der Waals surface area contributed by atoms with Crippen molar-refractivity contribution >= 4 is 11.9 Å². The Morgan fingerprint density at radius 2 is 2.05 bits per heavy atom. The first-order valence-electron chi connectivity index (χ1n) is 8.17. The van der Waals surface area contributed by atoms with Crippen LogP contribution in [0, 0.1) is 5.92 Å². The van der Waals surface area contributed by atoms with E-state index in [4.69, 9.17) is 0 Å². The van der Waals surface area contributed by atoms with Crippen molar-refractivity contribution in [3.8, 4) is 0 Å². The summed E-state index contributed by atoms with van der Waals surface area (Å²) in [6.07, 6.45) is 11.3. The van der Waals surface area contributed by atoms with Crippen LogP contribution in [0.3, 0.4) is 0 Å². The number of rotatable bonds is 7. The SMILES string of the molecule is CC(C)CNc1ncc(C(=O)NCCC2=CCCCC2)cn1. The fraction of sp³-hybridized carbons (Fsp3) is 0.588. The zero-order chi connectivity index (χ0) is 15.8. The third-order valence-electron chi connectivity index (χ3n) is 3.70. The van der Waals surface area contributed by atoms with Crippen LogP contribution in [0.2, 0.25) is 0 Å². The minimum atomic E-state index is -0.105. The van der Waals surface area contributed by atoms with Gasteiger partial charge >= 0.3 is 0 Å². The molecule has 0 atom stereocenters. The predicted octanol–water partition coefficient (Wildman–Crippen LogP) is 3.16. The summed E-state index contributed by atoms with van der Waals surface area (Å²) in [5.41, 5.74) is 1.98. The number of hydrogen-bond donors (Lipinski definition) is 2. The molecule has 120 valence electrons. The maximum atomic E-state index is 12.0. The fourth-order valence-electron chi connectivity index (χ4n) is 2.40. The maximum Gasteiger partial charge on any atom is 0.254 e. The normalized spacial score (nSPS) is 14.6. The second kappa shape index (κ2) is 8.51. The number of carbonyl (C=O) groups excluding carboxylic acids is 1. The topological polar surface area (TPSA) is 66.9 Å². The lowest BCUT2D eigenvalue weighted by molar-refractivity contribution is 0.0953. The molecule has 22 heavy (non-hydrogen) atoms. The van der Waals surface area contributed by atoms with Gasteiger partial charge in [-0.1, -0.05) is 25.5 Å². The van der Waals surface area contributed by atoms with Crippen LogP contribution < -0.4 is 10.6 Å². The molecule has 0 spiro atoms. The molecule has 1 heterocycles. The fourth-order valence-corrected chi connectivity index (χ4v) is 2.40. The van der Waals surface area contributed by atoms with Crippen molar-refractivity contribution in [1.82, 2.24) is 15.3 Å². The van der Waals surface area contributed by atoms with Crippen molar-refractivity contribution in [1.29, 1.82) is 0 Å².